The van der Waals surface area contributed by atoms with Crippen molar-refractivity contribution in [2.24, 2.45) is 10.7 Å². The first-order valence-corrected chi connectivity index (χ1v) is 5.75. The van der Waals surface area contributed by atoms with E-state index >= 15 is 0 Å². The van der Waals surface area contributed by atoms with Crippen molar-refractivity contribution in [3.63, 3.8) is 0 Å². The Kier molecular flexibility index (Phi) is 2.76. The fourth-order valence-electron chi connectivity index (χ4n) is 1.77. The average Bonchev–Trinajstić information content (AvgIpc) is 2.50. The van der Waals surface area contributed by atoms with E-state index in [1.54, 1.807) is 45.0 Å². The number of Topliss-reactive ketones (excluding diaryl/α,β-unsaturated/α-hetero) is 1. The van der Waals surface area contributed by atoms with Crippen LogP contribution in [0.1, 0.15) is 31.1 Å². The van der Waals surface area contributed by atoms with Crippen molar-refractivity contribution in [3.8, 4) is 0 Å². The van der Waals surface area contributed by atoms with Crippen molar-refractivity contribution >= 4 is 11.6 Å². The second kappa shape index (κ2) is 3.90. The number of rotatable bonds is 2. The van der Waals surface area contributed by atoms with Gasteiger partial charge in [-0.15, -0.1) is 0 Å². The Morgan fingerprint density at radius 3 is 2.28 bits per heavy atom. The molecule has 0 saturated heterocycles. The van der Waals surface area contributed by atoms with Gasteiger partial charge in [-0.2, -0.15) is 0 Å². The van der Waals surface area contributed by atoms with E-state index < -0.39 is 11.2 Å². The number of benzene rings is 1. The second-order valence-electron chi connectivity index (χ2n) is 5.15. The van der Waals surface area contributed by atoms with Gasteiger partial charge in [-0.3, -0.25) is 15.0 Å². The molecule has 1 atom stereocenters. The van der Waals surface area contributed by atoms with E-state index in [9.17, 15) is 10.0 Å². The zero-order valence-electron chi connectivity index (χ0n) is 10.7. The van der Waals surface area contributed by atoms with Gasteiger partial charge >= 0.3 is 0 Å². The first-order chi connectivity index (χ1) is 8.27. The molecule has 0 amide bonds. The van der Waals surface area contributed by atoms with Gasteiger partial charge in [0, 0.05) is 5.56 Å². The SMILES string of the molecule is CC1(C)N=C(C(=O)c2ccccc2)N(O)[C@@]1(C)N. The Hall–Kier alpha value is -1.72. The summed E-state index contributed by atoms with van der Waals surface area (Å²) in [7, 11) is 0. The van der Waals surface area contributed by atoms with Gasteiger partial charge in [0.1, 0.15) is 5.66 Å². The summed E-state index contributed by atoms with van der Waals surface area (Å²) < 4.78 is 0. The van der Waals surface area contributed by atoms with Crippen molar-refractivity contribution in [1.29, 1.82) is 0 Å². The molecular weight excluding hydrogens is 230 g/mol. The van der Waals surface area contributed by atoms with E-state index in [0.29, 0.717) is 5.56 Å². The smallest absolute Gasteiger partial charge is 0.229 e. The van der Waals surface area contributed by atoms with Gasteiger partial charge in [-0.1, -0.05) is 30.3 Å². The number of carbonyl (C=O) groups excluding carboxylic acids is 1. The first-order valence-electron chi connectivity index (χ1n) is 5.75. The highest BCUT2D eigenvalue weighted by molar-refractivity contribution is 6.45. The first kappa shape index (κ1) is 12.7. The maximum Gasteiger partial charge on any atom is 0.229 e. The molecule has 0 unspecified atom stereocenters. The molecule has 0 aliphatic carbocycles. The molecule has 1 aromatic rings. The Balaban J connectivity index is 2.40. The number of hydrogen-bond acceptors (Lipinski definition) is 5. The average molecular weight is 247 g/mol. The van der Waals surface area contributed by atoms with Crippen LogP contribution in [0.5, 0.6) is 0 Å². The molecular formula is C13H17N3O2. The Labute approximate surface area is 106 Å². The highest BCUT2D eigenvalue weighted by Crippen LogP contribution is 2.33. The number of hydroxylamine groups is 2. The summed E-state index contributed by atoms with van der Waals surface area (Å²) in [4.78, 5) is 16.5. The molecule has 1 aliphatic heterocycles. The standard InChI is InChI=1S/C13H17N3O2/c1-12(2)13(3,14)16(18)11(15-12)10(17)9-7-5-4-6-8-9/h4-8,18H,14H2,1-3H3/t13-/m1/s1. The quantitative estimate of drug-likeness (QED) is 0.775. The number of ketones is 1. The van der Waals surface area contributed by atoms with E-state index in [4.69, 9.17) is 5.73 Å². The minimum absolute atomic E-state index is 0.0174. The van der Waals surface area contributed by atoms with Crippen molar-refractivity contribution in [2.75, 3.05) is 0 Å². The summed E-state index contributed by atoms with van der Waals surface area (Å²) in [5, 5.41) is 10.8. The third-order valence-corrected chi connectivity index (χ3v) is 3.50. The van der Waals surface area contributed by atoms with Crippen molar-refractivity contribution in [3.05, 3.63) is 35.9 Å². The normalized spacial score (nSPS) is 26.1. The highest BCUT2D eigenvalue weighted by atomic mass is 16.5. The lowest BCUT2D eigenvalue weighted by Gasteiger charge is -2.36. The molecule has 1 aromatic carbocycles. The third-order valence-electron chi connectivity index (χ3n) is 3.50. The van der Waals surface area contributed by atoms with Gasteiger partial charge in [0.15, 0.2) is 5.84 Å². The molecule has 2 rings (SSSR count). The zero-order chi connectivity index (χ0) is 13.6. The minimum Gasteiger partial charge on any atom is -0.305 e. The summed E-state index contributed by atoms with van der Waals surface area (Å²) in [6.45, 7) is 5.20. The maximum absolute atomic E-state index is 12.2. The van der Waals surface area contributed by atoms with Crippen LogP contribution < -0.4 is 5.73 Å². The summed E-state index contributed by atoms with van der Waals surface area (Å²) in [5.74, 6) is -0.350. The van der Waals surface area contributed by atoms with Crippen molar-refractivity contribution < 1.29 is 10.0 Å². The van der Waals surface area contributed by atoms with Crippen LogP contribution in [0.3, 0.4) is 0 Å². The maximum atomic E-state index is 12.2. The highest BCUT2D eigenvalue weighted by Gasteiger charge is 2.51. The molecule has 96 valence electrons. The van der Waals surface area contributed by atoms with Crippen LogP contribution in [0.4, 0.5) is 0 Å². The lowest BCUT2D eigenvalue weighted by molar-refractivity contribution is -0.105. The van der Waals surface area contributed by atoms with Gasteiger partial charge in [0.25, 0.3) is 0 Å². The summed E-state index contributed by atoms with van der Waals surface area (Å²) in [6.07, 6.45) is 0. The number of carbonyl (C=O) groups is 1. The molecule has 5 heteroatoms. The van der Waals surface area contributed by atoms with Crippen LogP contribution in [-0.2, 0) is 0 Å². The molecule has 1 aliphatic rings. The number of amidine groups is 1. The van der Waals surface area contributed by atoms with Gasteiger partial charge in [-0.05, 0) is 20.8 Å². The van der Waals surface area contributed by atoms with Crippen LogP contribution in [0.15, 0.2) is 35.3 Å². The number of nitrogens with two attached hydrogens (primary N) is 1. The molecule has 0 radical (unpaired) electrons. The number of hydrogen-bond donors (Lipinski definition) is 2. The summed E-state index contributed by atoms with van der Waals surface area (Å²) >= 11 is 0. The van der Waals surface area contributed by atoms with Gasteiger partial charge in [0.05, 0.1) is 5.54 Å². The molecule has 0 saturated carbocycles. The lowest BCUT2D eigenvalue weighted by atomic mass is 9.92. The van der Waals surface area contributed by atoms with Crippen LogP contribution >= 0.6 is 0 Å². The summed E-state index contributed by atoms with van der Waals surface area (Å²) in [5.41, 5.74) is 4.65. The largest absolute Gasteiger partial charge is 0.305 e. The van der Waals surface area contributed by atoms with E-state index in [-0.39, 0.29) is 11.6 Å². The molecule has 5 nitrogen and oxygen atoms in total. The molecule has 3 N–H and O–H groups in total. The van der Waals surface area contributed by atoms with E-state index in [1.165, 1.54) is 0 Å². The monoisotopic (exact) mass is 247 g/mol. The molecule has 18 heavy (non-hydrogen) atoms. The van der Waals surface area contributed by atoms with Crippen LogP contribution in [-0.4, -0.2) is 33.1 Å². The summed E-state index contributed by atoms with van der Waals surface area (Å²) in [6, 6.07) is 8.70. The van der Waals surface area contributed by atoms with Gasteiger partial charge < -0.3 is 5.73 Å². The van der Waals surface area contributed by atoms with Crippen LogP contribution in [0.2, 0.25) is 0 Å². The number of aliphatic imine (C=N–C) groups is 1. The second-order valence-corrected chi connectivity index (χ2v) is 5.15. The van der Waals surface area contributed by atoms with Crippen molar-refractivity contribution in [2.45, 2.75) is 32.0 Å². The minimum atomic E-state index is -1.10. The Morgan fingerprint density at radius 1 is 1.28 bits per heavy atom. The third kappa shape index (κ3) is 1.72. The predicted octanol–water partition coefficient (Wildman–Crippen LogP) is 1.43. The fraction of sp³-hybridized carbons (Fsp3) is 0.385. The van der Waals surface area contributed by atoms with Crippen LogP contribution in [0.25, 0.3) is 0 Å². The lowest BCUT2D eigenvalue weighted by Crippen LogP contribution is -2.61. The van der Waals surface area contributed by atoms with Crippen LogP contribution in [0, 0.1) is 0 Å². The Bertz CT molecular complexity index is 506. The van der Waals surface area contributed by atoms with E-state index in [2.05, 4.69) is 4.99 Å². The molecule has 0 aromatic heterocycles. The molecule has 0 spiro atoms. The van der Waals surface area contributed by atoms with Gasteiger partial charge in [0.2, 0.25) is 5.78 Å². The topological polar surface area (TPSA) is 78.9 Å². The van der Waals surface area contributed by atoms with E-state index in [1.807, 2.05) is 6.07 Å². The molecule has 0 fully saturated rings. The Morgan fingerprint density at radius 2 is 1.83 bits per heavy atom. The molecule has 1 heterocycles. The predicted molar refractivity (Wildman–Crippen MR) is 68.5 cm³/mol. The van der Waals surface area contributed by atoms with Crippen molar-refractivity contribution in [1.82, 2.24) is 5.06 Å². The molecule has 0 bridgehead atoms. The van der Waals surface area contributed by atoms with E-state index in [0.717, 1.165) is 5.06 Å². The van der Waals surface area contributed by atoms with Gasteiger partial charge in [-0.25, -0.2) is 5.06 Å². The number of nitrogens with zero attached hydrogens (tertiary/aromatic N) is 2. The fourth-order valence-corrected chi connectivity index (χ4v) is 1.77. The zero-order valence-corrected chi connectivity index (χ0v) is 10.7.